The number of benzene rings is 1. The number of hydrogen-bond acceptors (Lipinski definition) is 3. The van der Waals surface area contributed by atoms with Crippen LogP contribution in [0.1, 0.15) is 25.3 Å². The fraction of sp³-hybridized carbons (Fsp3) is 0.462. The largest absolute Gasteiger partial charge is 0.481 e. The van der Waals surface area contributed by atoms with Crippen LogP contribution in [0.2, 0.25) is 5.02 Å². The summed E-state index contributed by atoms with van der Waals surface area (Å²) in [7, 11) is 0. The molecule has 0 radical (unpaired) electrons. The molecule has 0 unspecified atom stereocenters. The van der Waals surface area contributed by atoms with Gasteiger partial charge in [-0.3, -0.25) is 4.79 Å². The number of carbonyl (C=O) groups is 1. The van der Waals surface area contributed by atoms with Crippen molar-refractivity contribution in [3.8, 4) is 0 Å². The summed E-state index contributed by atoms with van der Waals surface area (Å²) in [5.74, 6) is -1.55. The maximum atomic E-state index is 11.2. The fourth-order valence-electron chi connectivity index (χ4n) is 1.57. The smallest absolute Gasteiger partial charge is 0.312 e. The number of halogens is 1. The molecule has 0 saturated carbocycles. The molecule has 1 aromatic carbocycles. The zero-order valence-electron chi connectivity index (χ0n) is 10.5. The first kappa shape index (κ1) is 15.0. The van der Waals surface area contributed by atoms with E-state index in [4.69, 9.17) is 11.6 Å². The molecule has 0 amide bonds. The van der Waals surface area contributed by atoms with E-state index < -0.39 is 17.5 Å². The van der Waals surface area contributed by atoms with Crippen molar-refractivity contribution in [1.82, 2.24) is 5.32 Å². The zero-order valence-corrected chi connectivity index (χ0v) is 11.2. The summed E-state index contributed by atoms with van der Waals surface area (Å²) < 4.78 is 0. The van der Waals surface area contributed by atoms with Gasteiger partial charge in [0, 0.05) is 18.1 Å². The van der Waals surface area contributed by atoms with E-state index in [1.807, 2.05) is 0 Å². The van der Waals surface area contributed by atoms with Crippen LogP contribution in [0, 0.1) is 0 Å². The van der Waals surface area contributed by atoms with Crippen LogP contribution in [0.25, 0.3) is 0 Å². The average Bonchev–Trinajstić information content (AvgIpc) is 2.24. The SMILES string of the molecule is CC(C)(O)CNC[C@@H](C(=O)O)c1ccc(Cl)cc1. The molecule has 0 spiro atoms. The van der Waals surface area contributed by atoms with Gasteiger partial charge in [-0.15, -0.1) is 0 Å². The van der Waals surface area contributed by atoms with E-state index in [9.17, 15) is 15.0 Å². The monoisotopic (exact) mass is 271 g/mol. The van der Waals surface area contributed by atoms with Crippen LogP contribution in [-0.2, 0) is 4.79 Å². The minimum atomic E-state index is -0.902. The van der Waals surface area contributed by atoms with Gasteiger partial charge in [-0.05, 0) is 31.5 Å². The second kappa shape index (κ2) is 6.18. The molecule has 0 aliphatic carbocycles. The molecule has 4 nitrogen and oxygen atoms in total. The third-order valence-electron chi connectivity index (χ3n) is 2.48. The standard InChI is InChI=1S/C13H18ClNO3/c1-13(2,18)8-15-7-11(12(16)17)9-3-5-10(14)6-4-9/h3-6,11,15,18H,7-8H2,1-2H3,(H,16,17)/t11-/m1/s1. The third kappa shape index (κ3) is 5.04. The van der Waals surface area contributed by atoms with Crippen LogP contribution in [0.4, 0.5) is 0 Å². The molecule has 0 heterocycles. The summed E-state index contributed by atoms with van der Waals surface area (Å²) in [6, 6.07) is 6.74. The van der Waals surface area contributed by atoms with Crippen molar-refractivity contribution < 1.29 is 15.0 Å². The Bertz CT molecular complexity index is 398. The molecule has 0 saturated heterocycles. The molecule has 0 aliphatic rings. The molecule has 100 valence electrons. The molecule has 0 aromatic heterocycles. The van der Waals surface area contributed by atoms with Crippen molar-refractivity contribution in [2.45, 2.75) is 25.4 Å². The van der Waals surface area contributed by atoms with Gasteiger partial charge >= 0.3 is 5.97 Å². The van der Waals surface area contributed by atoms with Gasteiger partial charge in [-0.25, -0.2) is 0 Å². The van der Waals surface area contributed by atoms with E-state index in [1.165, 1.54) is 0 Å². The van der Waals surface area contributed by atoms with Gasteiger partial charge in [0.05, 0.1) is 11.5 Å². The Hall–Kier alpha value is -1.10. The molecule has 18 heavy (non-hydrogen) atoms. The zero-order chi connectivity index (χ0) is 13.8. The van der Waals surface area contributed by atoms with Gasteiger partial charge in [-0.1, -0.05) is 23.7 Å². The molecule has 1 atom stereocenters. The Labute approximate surface area is 112 Å². The lowest BCUT2D eigenvalue weighted by Crippen LogP contribution is -2.38. The van der Waals surface area contributed by atoms with Gasteiger partial charge in [-0.2, -0.15) is 0 Å². The maximum Gasteiger partial charge on any atom is 0.312 e. The highest BCUT2D eigenvalue weighted by Crippen LogP contribution is 2.18. The van der Waals surface area contributed by atoms with Crippen molar-refractivity contribution in [3.63, 3.8) is 0 Å². The van der Waals surface area contributed by atoms with Crippen molar-refractivity contribution in [3.05, 3.63) is 34.9 Å². The molecular weight excluding hydrogens is 254 g/mol. The first-order valence-corrected chi connectivity index (χ1v) is 6.09. The number of aliphatic carboxylic acids is 1. The quantitative estimate of drug-likeness (QED) is 0.739. The third-order valence-corrected chi connectivity index (χ3v) is 2.73. The summed E-state index contributed by atoms with van der Waals surface area (Å²) in [6.07, 6.45) is 0. The van der Waals surface area contributed by atoms with Crippen LogP contribution in [0.15, 0.2) is 24.3 Å². The minimum absolute atomic E-state index is 0.265. The number of carboxylic acid groups (broad SMARTS) is 1. The summed E-state index contributed by atoms with van der Waals surface area (Å²) in [5, 5.41) is 22.3. The Kier molecular flexibility index (Phi) is 5.14. The van der Waals surface area contributed by atoms with E-state index in [1.54, 1.807) is 38.1 Å². The van der Waals surface area contributed by atoms with Crippen LogP contribution in [0.3, 0.4) is 0 Å². The number of hydrogen-bond donors (Lipinski definition) is 3. The highest BCUT2D eigenvalue weighted by Gasteiger charge is 2.20. The number of aliphatic hydroxyl groups is 1. The Morgan fingerprint density at radius 2 is 1.94 bits per heavy atom. The summed E-state index contributed by atoms with van der Waals surface area (Å²) in [5.41, 5.74) is -0.168. The number of nitrogens with one attached hydrogen (secondary N) is 1. The van der Waals surface area contributed by atoms with E-state index in [0.717, 1.165) is 0 Å². The van der Waals surface area contributed by atoms with E-state index >= 15 is 0 Å². The van der Waals surface area contributed by atoms with E-state index in [2.05, 4.69) is 5.32 Å². The van der Waals surface area contributed by atoms with Gasteiger partial charge in [0.1, 0.15) is 0 Å². The fourth-order valence-corrected chi connectivity index (χ4v) is 1.69. The Morgan fingerprint density at radius 3 is 2.39 bits per heavy atom. The molecule has 1 aromatic rings. The average molecular weight is 272 g/mol. The topological polar surface area (TPSA) is 69.6 Å². The first-order chi connectivity index (χ1) is 8.29. The van der Waals surface area contributed by atoms with Gasteiger partial charge < -0.3 is 15.5 Å². The number of carboxylic acids is 1. The second-order valence-electron chi connectivity index (χ2n) is 4.89. The minimum Gasteiger partial charge on any atom is -0.481 e. The van der Waals surface area contributed by atoms with Crippen LogP contribution >= 0.6 is 11.6 Å². The molecule has 5 heteroatoms. The summed E-state index contributed by atoms with van der Waals surface area (Å²) >= 11 is 5.76. The van der Waals surface area contributed by atoms with Gasteiger partial charge in [0.25, 0.3) is 0 Å². The van der Waals surface area contributed by atoms with Crippen LogP contribution in [0.5, 0.6) is 0 Å². The normalized spacial score (nSPS) is 13.3. The van der Waals surface area contributed by atoms with Crippen molar-refractivity contribution in [2.24, 2.45) is 0 Å². The van der Waals surface area contributed by atoms with Crippen molar-refractivity contribution in [2.75, 3.05) is 13.1 Å². The number of rotatable bonds is 6. The molecule has 1 rings (SSSR count). The van der Waals surface area contributed by atoms with Gasteiger partial charge in [0.15, 0.2) is 0 Å². The molecular formula is C13H18ClNO3. The lowest BCUT2D eigenvalue weighted by Gasteiger charge is -2.20. The lowest BCUT2D eigenvalue weighted by molar-refractivity contribution is -0.138. The second-order valence-corrected chi connectivity index (χ2v) is 5.32. The van der Waals surface area contributed by atoms with Crippen molar-refractivity contribution >= 4 is 17.6 Å². The Balaban J connectivity index is 2.66. The maximum absolute atomic E-state index is 11.2. The molecule has 0 bridgehead atoms. The molecule has 0 aliphatic heterocycles. The van der Waals surface area contributed by atoms with E-state index in [0.29, 0.717) is 17.1 Å². The predicted octanol–water partition coefficient (Wildman–Crippen LogP) is 1.87. The molecule has 3 N–H and O–H groups in total. The van der Waals surface area contributed by atoms with Crippen LogP contribution < -0.4 is 5.32 Å². The first-order valence-electron chi connectivity index (χ1n) is 5.71. The highest BCUT2D eigenvalue weighted by molar-refractivity contribution is 6.30. The highest BCUT2D eigenvalue weighted by atomic mass is 35.5. The van der Waals surface area contributed by atoms with Crippen LogP contribution in [-0.4, -0.2) is 34.9 Å². The van der Waals surface area contributed by atoms with E-state index in [-0.39, 0.29) is 6.54 Å². The predicted molar refractivity (Wildman–Crippen MR) is 71.0 cm³/mol. The van der Waals surface area contributed by atoms with Crippen molar-refractivity contribution in [1.29, 1.82) is 0 Å². The van der Waals surface area contributed by atoms with Gasteiger partial charge in [0.2, 0.25) is 0 Å². The summed E-state index contributed by atoms with van der Waals surface area (Å²) in [4.78, 5) is 11.2. The molecule has 0 fully saturated rings. The Morgan fingerprint density at radius 1 is 1.39 bits per heavy atom. The summed E-state index contributed by atoms with van der Waals surface area (Å²) in [6.45, 7) is 3.93. The lowest BCUT2D eigenvalue weighted by atomic mass is 9.99.